The first-order valence-electron chi connectivity index (χ1n) is 3.92. The molecule has 0 aromatic rings. The topological polar surface area (TPSA) is 27.7 Å². The second-order valence-corrected chi connectivity index (χ2v) is 3.21. The second-order valence-electron chi connectivity index (χ2n) is 3.21. The van der Waals surface area contributed by atoms with Crippen molar-refractivity contribution in [1.29, 1.82) is 0 Å². The molecule has 0 aliphatic carbocycles. The minimum absolute atomic E-state index is 0.162. The fraction of sp³-hybridized carbons (Fsp3) is 1.00. The van der Waals surface area contributed by atoms with Crippen molar-refractivity contribution in [3.05, 3.63) is 0 Å². The van der Waals surface area contributed by atoms with Gasteiger partial charge in [-0.15, -0.1) is 0 Å². The maximum atomic E-state index is 5.55. The lowest BCUT2D eigenvalue weighted by molar-refractivity contribution is -0.188. The molecule has 0 amide bonds. The standard InChI is InChI=1S/C8H16O3/c1-6-7(2)11-8(3,10-6)5-9-4/h6-7H,5H2,1-4H3. The molecule has 11 heavy (non-hydrogen) atoms. The summed E-state index contributed by atoms with van der Waals surface area (Å²) in [5.74, 6) is -0.534. The Balaban J connectivity index is 2.49. The van der Waals surface area contributed by atoms with Crippen molar-refractivity contribution in [2.24, 2.45) is 0 Å². The molecule has 0 N–H and O–H groups in total. The van der Waals surface area contributed by atoms with Crippen LogP contribution in [0.2, 0.25) is 0 Å². The first-order valence-corrected chi connectivity index (χ1v) is 3.92. The van der Waals surface area contributed by atoms with Crippen molar-refractivity contribution in [2.75, 3.05) is 13.7 Å². The Bertz CT molecular complexity index is 125. The van der Waals surface area contributed by atoms with Gasteiger partial charge in [0.15, 0.2) is 5.79 Å². The van der Waals surface area contributed by atoms with E-state index in [4.69, 9.17) is 14.2 Å². The van der Waals surface area contributed by atoms with E-state index in [1.54, 1.807) is 7.11 Å². The van der Waals surface area contributed by atoms with Gasteiger partial charge in [0.1, 0.15) is 6.61 Å². The fourth-order valence-corrected chi connectivity index (χ4v) is 1.34. The highest BCUT2D eigenvalue weighted by atomic mass is 16.8. The van der Waals surface area contributed by atoms with Crippen LogP contribution >= 0.6 is 0 Å². The zero-order valence-corrected chi connectivity index (χ0v) is 7.59. The maximum Gasteiger partial charge on any atom is 0.189 e. The van der Waals surface area contributed by atoms with Crippen LogP contribution in [0.15, 0.2) is 0 Å². The Morgan fingerprint density at radius 1 is 1.27 bits per heavy atom. The number of hydrogen-bond donors (Lipinski definition) is 0. The largest absolute Gasteiger partial charge is 0.379 e. The van der Waals surface area contributed by atoms with Crippen LogP contribution in [0.1, 0.15) is 20.8 Å². The molecule has 0 aromatic carbocycles. The van der Waals surface area contributed by atoms with Crippen molar-refractivity contribution < 1.29 is 14.2 Å². The number of rotatable bonds is 2. The van der Waals surface area contributed by atoms with Crippen LogP contribution in [-0.4, -0.2) is 31.7 Å². The molecule has 0 spiro atoms. The number of ether oxygens (including phenoxy) is 3. The first kappa shape index (κ1) is 8.97. The third-order valence-corrected chi connectivity index (χ3v) is 1.94. The summed E-state index contributed by atoms with van der Waals surface area (Å²) in [6.45, 7) is 6.40. The van der Waals surface area contributed by atoms with E-state index in [9.17, 15) is 0 Å². The van der Waals surface area contributed by atoms with Gasteiger partial charge in [-0.2, -0.15) is 0 Å². The van der Waals surface area contributed by atoms with Gasteiger partial charge in [0, 0.05) is 7.11 Å². The summed E-state index contributed by atoms with van der Waals surface area (Å²) < 4.78 is 16.1. The molecule has 2 unspecified atom stereocenters. The molecule has 2 atom stereocenters. The Morgan fingerprint density at radius 3 is 2.09 bits per heavy atom. The van der Waals surface area contributed by atoms with E-state index in [1.165, 1.54) is 0 Å². The normalized spacial score (nSPS) is 44.7. The summed E-state index contributed by atoms with van der Waals surface area (Å²) in [6.07, 6.45) is 0.324. The van der Waals surface area contributed by atoms with Crippen molar-refractivity contribution >= 4 is 0 Å². The van der Waals surface area contributed by atoms with E-state index < -0.39 is 5.79 Å². The maximum absolute atomic E-state index is 5.55. The van der Waals surface area contributed by atoms with Crippen LogP contribution in [0, 0.1) is 0 Å². The summed E-state index contributed by atoms with van der Waals surface area (Å²) >= 11 is 0. The summed E-state index contributed by atoms with van der Waals surface area (Å²) in [4.78, 5) is 0. The van der Waals surface area contributed by atoms with Gasteiger partial charge in [-0.1, -0.05) is 0 Å². The van der Waals surface area contributed by atoms with E-state index in [2.05, 4.69) is 0 Å². The van der Waals surface area contributed by atoms with Crippen LogP contribution in [0.5, 0.6) is 0 Å². The molecular weight excluding hydrogens is 144 g/mol. The molecule has 0 bridgehead atoms. The highest BCUT2D eigenvalue weighted by molar-refractivity contribution is 4.77. The van der Waals surface area contributed by atoms with Crippen LogP contribution in [0.3, 0.4) is 0 Å². The SMILES string of the molecule is COCC1(C)OC(C)C(C)O1. The fourth-order valence-electron chi connectivity index (χ4n) is 1.34. The lowest BCUT2D eigenvalue weighted by atomic mass is 10.3. The van der Waals surface area contributed by atoms with Gasteiger partial charge < -0.3 is 14.2 Å². The van der Waals surface area contributed by atoms with E-state index in [0.717, 1.165) is 0 Å². The first-order chi connectivity index (χ1) is 5.07. The lowest BCUT2D eigenvalue weighted by Crippen LogP contribution is -2.32. The molecule has 0 saturated carbocycles. The second kappa shape index (κ2) is 3.09. The molecule has 1 fully saturated rings. The average molecular weight is 160 g/mol. The number of methoxy groups -OCH3 is 1. The summed E-state index contributed by atoms with van der Waals surface area (Å²) in [5, 5.41) is 0. The minimum Gasteiger partial charge on any atom is -0.379 e. The molecule has 1 heterocycles. The van der Waals surface area contributed by atoms with E-state index in [-0.39, 0.29) is 12.2 Å². The highest BCUT2D eigenvalue weighted by Gasteiger charge is 2.39. The van der Waals surface area contributed by atoms with Gasteiger partial charge in [-0.05, 0) is 20.8 Å². The summed E-state index contributed by atoms with van der Waals surface area (Å²) in [5.41, 5.74) is 0. The number of hydrogen-bond acceptors (Lipinski definition) is 3. The molecule has 1 aliphatic rings. The minimum atomic E-state index is -0.534. The molecule has 0 aromatic heterocycles. The van der Waals surface area contributed by atoms with Crippen molar-refractivity contribution in [3.8, 4) is 0 Å². The van der Waals surface area contributed by atoms with Crippen LogP contribution in [0.4, 0.5) is 0 Å². The molecule has 0 radical (unpaired) electrons. The molecule has 1 saturated heterocycles. The van der Waals surface area contributed by atoms with Crippen molar-refractivity contribution in [3.63, 3.8) is 0 Å². The van der Waals surface area contributed by atoms with Gasteiger partial charge >= 0.3 is 0 Å². The van der Waals surface area contributed by atoms with Crippen LogP contribution < -0.4 is 0 Å². The average Bonchev–Trinajstić information content (AvgIpc) is 2.08. The summed E-state index contributed by atoms with van der Waals surface area (Å²) in [7, 11) is 1.64. The lowest BCUT2D eigenvalue weighted by Gasteiger charge is -2.21. The third-order valence-electron chi connectivity index (χ3n) is 1.94. The molecule has 1 aliphatic heterocycles. The summed E-state index contributed by atoms with van der Waals surface area (Å²) in [6, 6.07) is 0. The predicted molar refractivity (Wildman–Crippen MR) is 41.4 cm³/mol. The third kappa shape index (κ3) is 1.92. The Hall–Kier alpha value is -0.120. The smallest absolute Gasteiger partial charge is 0.189 e. The monoisotopic (exact) mass is 160 g/mol. The van der Waals surface area contributed by atoms with Gasteiger partial charge in [0.05, 0.1) is 12.2 Å². The van der Waals surface area contributed by atoms with Crippen LogP contribution in [0.25, 0.3) is 0 Å². The highest BCUT2D eigenvalue weighted by Crippen LogP contribution is 2.27. The predicted octanol–water partition coefficient (Wildman–Crippen LogP) is 1.17. The van der Waals surface area contributed by atoms with Gasteiger partial charge in [0.2, 0.25) is 0 Å². The van der Waals surface area contributed by atoms with E-state index >= 15 is 0 Å². The van der Waals surface area contributed by atoms with Crippen molar-refractivity contribution in [2.45, 2.75) is 38.8 Å². The molecule has 3 heteroatoms. The molecule has 1 rings (SSSR count). The van der Waals surface area contributed by atoms with Crippen molar-refractivity contribution in [1.82, 2.24) is 0 Å². The van der Waals surface area contributed by atoms with Crippen LogP contribution in [-0.2, 0) is 14.2 Å². The Labute approximate surface area is 67.6 Å². The van der Waals surface area contributed by atoms with Gasteiger partial charge in [-0.3, -0.25) is 0 Å². The Morgan fingerprint density at radius 2 is 1.73 bits per heavy atom. The molecule has 66 valence electrons. The molecular formula is C8H16O3. The quantitative estimate of drug-likeness (QED) is 0.607. The molecule has 3 nitrogen and oxygen atoms in total. The van der Waals surface area contributed by atoms with Gasteiger partial charge in [0.25, 0.3) is 0 Å². The van der Waals surface area contributed by atoms with E-state index in [1.807, 2.05) is 20.8 Å². The Kier molecular flexibility index (Phi) is 2.52. The van der Waals surface area contributed by atoms with E-state index in [0.29, 0.717) is 6.61 Å². The zero-order valence-electron chi connectivity index (χ0n) is 7.59. The zero-order chi connectivity index (χ0) is 8.48. The van der Waals surface area contributed by atoms with Gasteiger partial charge in [-0.25, -0.2) is 0 Å².